The van der Waals surface area contributed by atoms with Crippen LogP contribution in [0, 0.1) is 0 Å². The number of hydrogen-bond donors (Lipinski definition) is 6. The molecule has 1 aliphatic heterocycles. The molecular weight excluding hydrogens is 919 g/mol. The second-order valence-electron chi connectivity index (χ2n) is 16.1. The van der Waals surface area contributed by atoms with E-state index in [1.165, 1.54) is 0 Å². The first-order valence-corrected chi connectivity index (χ1v) is 24.6. The zero-order valence-corrected chi connectivity index (χ0v) is 40.9. The quantitative estimate of drug-likeness (QED) is 0.0447. The number of nitrogen functional groups attached to an aromatic ring is 1. The number of aliphatic carboxylic acids is 2. The number of nitrogens with zero attached hydrogens (tertiary/aromatic N) is 5. The van der Waals surface area contributed by atoms with Crippen molar-refractivity contribution in [2.75, 3.05) is 142 Å². The Labute approximate surface area is 408 Å². The molecular formula is C46H73N9O13S. The Bertz CT molecular complexity index is 1990. The van der Waals surface area contributed by atoms with E-state index in [9.17, 15) is 19.2 Å². The van der Waals surface area contributed by atoms with Gasteiger partial charge in [0, 0.05) is 63.3 Å². The lowest BCUT2D eigenvalue weighted by atomic mass is 10.1. The van der Waals surface area contributed by atoms with E-state index in [-0.39, 0.29) is 30.8 Å². The normalized spacial score (nSPS) is 13.9. The third kappa shape index (κ3) is 21.8. The first-order chi connectivity index (χ1) is 33.5. The molecule has 0 bridgehead atoms. The second-order valence-corrected chi connectivity index (χ2v) is 17.4. The fourth-order valence-corrected chi connectivity index (χ4v) is 8.21. The number of carboxylic acid groups (broad SMARTS) is 2. The van der Waals surface area contributed by atoms with Crippen LogP contribution >= 0.6 is 11.8 Å². The Kier molecular flexibility index (Phi) is 27.0. The fourth-order valence-electron chi connectivity index (χ4n) is 7.13. The van der Waals surface area contributed by atoms with E-state index in [4.69, 9.17) is 54.8 Å². The molecule has 1 aromatic carbocycles. The summed E-state index contributed by atoms with van der Waals surface area (Å²) in [6.07, 6.45) is 5.22. The van der Waals surface area contributed by atoms with E-state index in [1.54, 1.807) is 7.11 Å². The molecule has 0 spiro atoms. The van der Waals surface area contributed by atoms with Gasteiger partial charge in [0.2, 0.25) is 17.8 Å². The minimum atomic E-state index is -1.23. The Balaban J connectivity index is 0.950. The van der Waals surface area contributed by atoms with Crippen LogP contribution in [-0.2, 0) is 60.7 Å². The van der Waals surface area contributed by atoms with Gasteiger partial charge >= 0.3 is 11.9 Å². The van der Waals surface area contributed by atoms with Crippen molar-refractivity contribution in [2.45, 2.75) is 63.4 Å². The number of aromatic nitrogens is 3. The number of benzene rings is 1. The number of carbonyl (C=O) groups is 4. The number of anilines is 2. The average molecular weight is 992 g/mol. The lowest BCUT2D eigenvalue weighted by molar-refractivity contribution is -0.138. The van der Waals surface area contributed by atoms with Crippen molar-refractivity contribution in [3.05, 3.63) is 41.6 Å². The maximum absolute atomic E-state index is 12.9. The van der Waals surface area contributed by atoms with Crippen molar-refractivity contribution in [3.63, 3.8) is 0 Å². The molecule has 4 rings (SSSR count). The van der Waals surface area contributed by atoms with Crippen LogP contribution in [-0.4, -0.2) is 201 Å². The van der Waals surface area contributed by atoms with Gasteiger partial charge in [-0.15, -0.1) is 11.8 Å². The number of fused-ring (bicyclic) bond motifs is 1. The van der Waals surface area contributed by atoms with Gasteiger partial charge in [0.1, 0.15) is 17.3 Å². The summed E-state index contributed by atoms with van der Waals surface area (Å²) in [6.45, 7) is 11.7. The SMILES string of the molecule is CCCCCNc1nc(N)nc2ccn(Cc3ccc(CN4CCN(C(=O)CCOCCOCCOCCOCCOCCOCCNC(=O)C(CC(=O)O)SCC(N)C(=O)O)CC4)cc3OC)c12. The Morgan fingerprint density at radius 2 is 1.42 bits per heavy atom. The summed E-state index contributed by atoms with van der Waals surface area (Å²) in [7, 11) is 1.70. The maximum atomic E-state index is 12.9. The Hall–Kier alpha value is -4.85. The topological polar surface area (TPSA) is 287 Å². The van der Waals surface area contributed by atoms with Gasteiger partial charge in [-0.2, -0.15) is 4.98 Å². The largest absolute Gasteiger partial charge is 0.496 e. The molecule has 2 aromatic heterocycles. The molecule has 1 saturated heterocycles. The summed E-state index contributed by atoms with van der Waals surface area (Å²) in [6, 6.07) is 7.12. The Morgan fingerprint density at radius 1 is 0.797 bits per heavy atom. The molecule has 2 unspecified atom stereocenters. The zero-order chi connectivity index (χ0) is 49.6. The summed E-state index contributed by atoms with van der Waals surface area (Å²) in [5.41, 5.74) is 15.4. The highest BCUT2D eigenvalue weighted by Gasteiger charge is 2.25. The van der Waals surface area contributed by atoms with E-state index in [1.807, 2.05) is 17.2 Å². The third-order valence-corrected chi connectivity index (χ3v) is 12.2. The van der Waals surface area contributed by atoms with Crippen LogP contribution < -0.4 is 26.8 Å². The predicted octanol–water partition coefficient (Wildman–Crippen LogP) is 1.91. The third-order valence-electron chi connectivity index (χ3n) is 10.8. The molecule has 3 heterocycles. The van der Waals surface area contributed by atoms with Gasteiger partial charge in [-0.1, -0.05) is 31.9 Å². The molecule has 23 heteroatoms. The number of amides is 2. The van der Waals surface area contributed by atoms with Crippen molar-refractivity contribution >= 4 is 58.3 Å². The number of carbonyl (C=O) groups excluding carboxylic acids is 2. The molecule has 1 fully saturated rings. The highest BCUT2D eigenvalue weighted by atomic mass is 32.2. The number of unbranched alkanes of at least 4 members (excludes halogenated alkanes) is 2. The molecule has 22 nitrogen and oxygen atoms in total. The molecule has 69 heavy (non-hydrogen) atoms. The highest BCUT2D eigenvalue weighted by Crippen LogP contribution is 2.28. The molecule has 2 atom stereocenters. The number of nitrogens with two attached hydrogens (primary N) is 2. The van der Waals surface area contributed by atoms with Crippen LogP contribution in [0.1, 0.15) is 50.2 Å². The number of piperazine rings is 1. The molecule has 0 radical (unpaired) electrons. The monoisotopic (exact) mass is 992 g/mol. The van der Waals surface area contributed by atoms with Crippen molar-refractivity contribution in [1.82, 2.24) is 29.7 Å². The number of carboxylic acids is 2. The lowest BCUT2D eigenvalue weighted by Crippen LogP contribution is -2.48. The summed E-state index contributed by atoms with van der Waals surface area (Å²) in [5, 5.41) is 23.0. The van der Waals surface area contributed by atoms with E-state index < -0.39 is 35.6 Å². The van der Waals surface area contributed by atoms with Gasteiger partial charge in [-0.3, -0.25) is 24.1 Å². The Morgan fingerprint density at radius 3 is 2.01 bits per heavy atom. The predicted molar refractivity (Wildman–Crippen MR) is 261 cm³/mol. The van der Waals surface area contributed by atoms with Crippen LogP contribution in [0.5, 0.6) is 5.75 Å². The van der Waals surface area contributed by atoms with E-state index in [0.29, 0.717) is 98.7 Å². The summed E-state index contributed by atoms with van der Waals surface area (Å²) in [5.74, 6) is -1.12. The minimum Gasteiger partial charge on any atom is -0.496 e. The molecule has 0 saturated carbocycles. The molecule has 386 valence electrons. The molecule has 3 aromatic rings. The standard InChI is InChI=1S/C46H73N9O13S/c1-3-4-5-10-49-43-42-37(51-46(48)52-43)8-12-55(42)32-35-7-6-34(29-38(35)62-2)31-53-13-15-54(16-14-53)40(56)9-17-63-19-21-65-23-25-67-27-28-68-26-24-66-22-20-64-18-11-50-44(59)39(30-41(57)58)69-33-36(47)45(60)61/h6-8,12,29,36,39H,3-5,9-11,13-28,30-33,47H2,1-2H3,(H,50,59)(H,57,58)(H,60,61)(H3,48,49,51,52). The van der Waals surface area contributed by atoms with Gasteiger partial charge in [0.25, 0.3) is 0 Å². The number of hydrogen-bond acceptors (Lipinski definition) is 18. The van der Waals surface area contributed by atoms with Gasteiger partial charge in [0.15, 0.2) is 5.82 Å². The minimum absolute atomic E-state index is 0.0880. The number of nitrogens with one attached hydrogen (secondary N) is 2. The number of rotatable bonds is 38. The van der Waals surface area contributed by atoms with E-state index >= 15 is 0 Å². The van der Waals surface area contributed by atoms with E-state index in [0.717, 1.165) is 90.9 Å². The highest BCUT2D eigenvalue weighted by molar-refractivity contribution is 8.00. The molecule has 1 aliphatic rings. The van der Waals surface area contributed by atoms with Gasteiger partial charge in [-0.25, -0.2) is 4.98 Å². The molecule has 0 aliphatic carbocycles. The fraction of sp³-hybridized carbons (Fsp3) is 0.652. The van der Waals surface area contributed by atoms with E-state index in [2.05, 4.69) is 55.2 Å². The van der Waals surface area contributed by atoms with Crippen molar-refractivity contribution in [2.24, 2.45) is 5.73 Å². The molecule has 8 N–H and O–H groups in total. The van der Waals surface area contributed by atoms with Crippen molar-refractivity contribution in [1.29, 1.82) is 0 Å². The van der Waals surface area contributed by atoms with Crippen LogP contribution in [0.2, 0.25) is 0 Å². The van der Waals surface area contributed by atoms with Crippen LogP contribution in [0.4, 0.5) is 11.8 Å². The van der Waals surface area contributed by atoms with Crippen molar-refractivity contribution in [3.8, 4) is 5.75 Å². The zero-order valence-electron chi connectivity index (χ0n) is 40.1. The van der Waals surface area contributed by atoms with Crippen LogP contribution in [0.3, 0.4) is 0 Å². The second kappa shape index (κ2) is 32.9. The molecule has 2 amide bonds. The van der Waals surface area contributed by atoms with Crippen LogP contribution in [0.15, 0.2) is 30.5 Å². The van der Waals surface area contributed by atoms with Crippen LogP contribution in [0.25, 0.3) is 11.0 Å². The number of methoxy groups -OCH3 is 1. The van der Waals surface area contributed by atoms with Gasteiger partial charge in [0.05, 0.1) is 117 Å². The lowest BCUT2D eigenvalue weighted by Gasteiger charge is -2.35. The van der Waals surface area contributed by atoms with Crippen molar-refractivity contribution < 1.29 is 62.5 Å². The smallest absolute Gasteiger partial charge is 0.321 e. The summed E-state index contributed by atoms with van der Waals surface area (Å²) in [4.78, 5) is 60.4. The first-order valence-electron chi connectivity index (χ1n) is 23.6. The van der Waals surface area contributed by atoms with Gasteiger partial charge in [-0.05, 0) is 24.1 Å². The summed E-state index contributed by atoms with van der Waals surface area (Å²) < 4.78 is 41.1. The average Bonchev–Trinajstić information content (AvgIpc) is 3.74. The first kappa shape index (κ1) is 56.7. The summed E-state index contributed by atoms with van der Waals surface area (Å²) >= 11 is 0.887. The number of thioether (sulfide) groups is 1. The maximum Gasteiger partial charge on any atom is 0.321 e. The number of ether oxygens (including phenoxy) is 7. The van der Waals surface area contributed by atoms with Gasteiger partial charge < -0.3 is 74.9 Å².